The SMILES string of the molecule is COc1cc(N(C)CCN(C)C)c(N)cc1Nc1nccc(-c2cc3c4c(c2)nc(OC)n4CCC3)n1. The Balaban J connectivity index is 1.44. The standard InChI is InChI=1S/C27H34N8O2/c1-33(2)11-12-34(3)23-16-24(36-4)21(15-19(23)28)31-26-29-9-8-20(30-26)18-13-17-7-6-10-35-25(17)22(14-18)32-27(35)37-5/h8-9,13-16H,6-7,10-12,28H2,1-5H3,(H,29,30,31). The lowest BCUT2D eigenvalue weighted by molar-refractivity contribution is 0.356. The van der Waals surface area contributed by atoms with Crippen molar-refractivity contribution in [1.29, 1.82) is 0 Å². The number of nitrogens with one attached hydrogen (secondary N) is 1. The molecule has 10 heteroatoms. The molecule has 0 atom stereocenters. The van der Waals surface area contributed by atoms with Crippen LogP contribution in [0.25, 0.3) is 22.3 Å². The lowest BCUT2D eigenvalue weighted by Gasteiger charge is -2.24. The van der Waals surface area contributed by atoms with Gasteiger partial charge in [0.25, 0.3) is 6.01 Å². The molecule has 0 amide bonds. The zero-order valence-corrected chi connectivity index (χ0v) is 22.1. The van der Waals surface area contributed by atoms with Crippen LogP contribution in [0.2, 0.25) is 0 Å². The molecule has 1 aliphatic heterocycles. The van der Waals surface area contributed by atoms with Gasteiger partial charge in [-0.25, -0.2) is 9.97 Å². The molecule has 0 saturated carbocycles. The molecule has 0 radical (unpaired) electrons. The Morgan fingerprint density at radius 1 is 1.05 bits per heavy atom. The molecular weight excluding hydrogens is 468 g/mol. The lowest BCUT2D eigenvalue weighted by atomic mass is 10.00. The number of imidazole rings is 1. The molecule has 0 bridgehead atoms. The molecule has 194 valence electrons. The van der Waals surface area contributed by atoms with Crippen LogP contribution in [-0.4, -0.2) is 72.9 Å². The van der Waals surface area contributed by atoms with E-state index in [1.807, 2.05) is 25.2 Å². The fraction of sp³-hybridized carbons (Fsp3) is 0.370. The van der Waals surface area contributed by atoms with Crippen molar-refractivity contribution in [2.24, 2.45) is 0 Å². The van der Waals surface area contributed by atoms with E-state index >= 15 is 0 Å². The van der Waals surface area contributed by atoms with Crippen LogP contribution in [0.5, 0.6) is 11.8 Å². The van der Waals surface area contributed by atoms with Crippen LogP contribution < -0.4 is 25.4 Å². The number of likely N-dealkylation sites (N-methyl/N-ethyl adjacent to an activating group) is 2. The number of aromatic nitrogens is 4. The molecule has 2 aromatic heterocycles. The van der Waals surface area contributed by atoms with Crippen LogP contribution in [0.15, 0.2) is 36.5 Å². The fourth-order valence-electron chi connectivity index (χ4n) is 4.82. The Kier molecular flexibility index (Phi) is 6.75. The normalized spacial score (nSPS) is 12.7. The highest BCUT2D eigenvalue weighted by Gasteiger charge is 2.20. The van der Waals surface area contributed by atoms with E-state index in [1.54, 1.807) is 20.4 Å². The molecule has 2 aromatic carbocycles. The van der Waals surface area contributed by atoms with Crippen molar-refractivity contribution < 1.29 is 9.47 Å². The summed E-state index contributed by atoms with van der Waals surface area (Å²) < 4.78 is 13.3. The molecule has 3 heterocycles. The summed E-state index contributed by atoms with van der Waals surface area (Å²) in [7, 11) is 9.44. The predicted molar refractivity (Wildman–Crippen MR) is 148 cm³/mol. The van der Waals surface area contributed by atoms with Gasteiger partial charge in [-0.05, 0) is 56.8 Å². The average molecular weight is 503 g/mol. The van der Waals surface area contributed by atoms with E-state index in [2.05, 4.69) is 50.9 Å². The second-order valence-electron chi connectivity index (χ2n) is 9.58. The molecule has 0 aliphatic carbocycles. The summed E-state index contributed by atoms with van der Waals surface area (Å²) in [4.78, 5) is 18.2. The quantitative estimate of drug-likeness (QED) is 0.331. The van der Waals surface area contributed by atoms with Crippen molar-refractivity contribution in [3.63, 3.8) is 0 Å². The van der Waals surface area contributed by atoms with E-state index in [0.717, 1.165) is 60.5 Å². The zero-order chi connectivity index (χ0) is 26.1. The minimum Gasteiger partial charge on any atom is -0.494 e. The van der Waals surface area contributed by atoms with Gasteiger partial charge in [-0.15, -0.1) is 0 Å². The number of anilines is 4. The van der Waals surface area contributed by atoms with Crippen LogP contribution in [0, 0.1) is 0 Å². The smallest absolute Gasteiger partial charge is 0.297 e. The second-order valence-corrected chi connectivity index (χ2v) is 9.58. The molecule has 10 nitrogen and oxygen atoms in total. The van der Waals surface area contributed by atoms with Gasteiger partial charge in [-0.2, -0.15) is 4.98 Å². The summed E-state index contributed by atoms with van der Waals surface area (Å²) in [6, 6.07) is 10.6. The van der Waals surface area contributed by atoms with Gasteiger partial charge in [-0.1, -0.05) is 0 Å². The topological polar surface area (TPSA) is 107 Å². The fourth-order valence-corrected chi connectivity index (χ4v) is 4.82. The summed E-state index contributed by atoms with van der Waals surface area (Å²) >= 11 is 0. The van der Waals surface area contributed by atoms with E-state index < -0.39 is 0 Å². The Morgan fingerprint density at radius 3 is 2.65 bits per heavy atom. The highest BCUT2D eigenvalue weighted by Crippen LogP contribution is 2.37. The van der Waals surface area contributed by atoms with E-state index in [0.29, 0.717) is 29.1 Å². The van der Waals surface area contributed by atoms with Gasteiger partial charge in [0.05, 0.1) is 48.0 Å². The number of nitrogen functional groups attached to an aromatic ring is 1. The molecular formula is C27H34N8O2. The van der Waals surface area contributed by atoms with Crippen molar-refractivity contribution in [1.82, 2.24) is 24.4 Å². The van der Waals surface area contributed by atoms with E-state index in [1.165, 1.54) is 5.56 Å². The summed E-state index contributed by atoms with van der Waals surface area (Å²) in [6.45, 7) is 2.68. The third-order valence-corrected chi connectivity index (χ3v) is 6.74. The maximum absolute atomic E-state index is 6.43. The van der Waals surface area contributed by atoms with Gasteiger partial charge in [0.1, 0.15) is 5.75 Å². The Morgan fingerprint density at radius 2 is 1.89 bits per heavy atom. The Labute approximate surface area is 217 Å². The van der Waals surface area contributed by atoms with Gasteiger partial charge >= 0.3 is 0 Å². The van der Waals surface area contributed by atoms with Crippen molar-refractivity contribution in [3.8, 4) is 23.0 Å². The van der Waals surface area contributed by atoms with Crippen LogP contribution >= 0.6 is 0 Å². The summed E-state index contributed by atoms with van der Waals surface area (Å²) in [6.07, 6.45) is 3.80. The maximum atomic E-state index is 6.43. The molecule has 5 rings (SSSR count). The molecule has 3 N–H and O–H groups in total. The van der Waals surface area contributed by atoms with E-state index in [9.17, 15) is 0 Å². The highest BCUT2D eigenvalue weighted by molar-refractivity contribution is 5.86. The van der Waals surface area contributed by atoms with Crippen LogP contribution in [0.3, 0.4) is 0 Å². The molecule has 0 saturated heterocycles. The lowest BCUT2D eigenvalue weighted by Crippen LogP contribution is -2.29. The van der Waals surface area contributed by atoms with Gasteiger partial charge in [-0.3, -0.25) is 4.57 Å². The van der Waals surface area contributed by atoms with E-state index in [4.69, 9.17) is 25.2 Å². The highest BCUT2D eigenvalue weighted by atomic mass is 16.5. The minimum atomic E-state index is 0.459. The average Bonchev–Trinajstić information content (AvgIpc) is 3.26. The summed E-state index contributed by atoms with van der Waals surface area (Å²) in [5, 5.41) is 3.30. The molecule has 0 fully saturated rings. The number of nitrogens with two attached hydrogens (primary N) is 1. The number of methoxy groups -OCH3 is 2. The number of hydrogen-bond donors (Lipinski definition) is 2. The first-order valence-corrected chi connectivity index (χ1v) is 12.4. The number of ether oxygens (including phenoxy) is 2. The minimum absolute atomic E-state index is 0.459. The number of nitrogens with zero attached hydrogens (tertiary/aromatic N) is 6. The number of rotatable bonds is 9. The van der Waals surface area contributed by atoms with Gasteiger partial charge < -0.3 is 30.3 Å². The Hall–Kier alpha value is -4.05. The van der Waals surface area contributed by atoms with Crippen molar-refractivity contribution >= 4 is 34.0 Å². The monoisotopic (exact) mass is 502 g/mol. The maximum Gasteiger partial charge on any atom is 0.297 e. The second kappa shape index (κ2) is 10.1. The van der Waals surface area contributed by atoms with E-state index in [-0.39, 0.29) is 0 Å². The molecule has 4 aromatic rings. The molecule has 37 heavy (non-hydrogen) atoms. The largest absolute Gasteiger partial charge is 0.494 e. The molecule has 1 aliphatic rings. The van der Waals surface area contributed by atoms with Gasteiger partial charge in [0.15, 0.2) is 0 Å². The number of aryl methyl sites for hydroxylation is 2. The predicted octanol–water partition coefficient (Wildman–Crippen LogP) is 3.78. The van der Waals surface area contributed by atoms with Crippen molar-refractivity contribution in [3.05, 3.63) is 42.1 Å². The molecule has 0 spiro atoms. The summed E-state index contributed by atoms with van der Waals surface area (Å²) in [5.74, 6) is 1.12. The van der Waals surface area contributed by atoms with Crippen molar-refractivity contribution in [2.75, 3.05) is 64.4 Å². The number of benzene rings is 2. The van der Waals surface area contributed by atoms with Gasteiger partial charge in [0.2, 0.25) is 5.95 Å². The number of hydrogen-bond acceptors (Lipinski definition) is 9. The van der Waals surface area contributed by atoms with Gasteiger partial charge in [0, 0.05) is 44.5 Å². The first-order valence-electron chi connectivity index (χ1n) is 12.4. The first kappa shape index (κ1) is 24.6. The summed E-state index contributed by atoms with van der Waals surface area (Å²) in [5.41, 5.74) is 13.8. The van der Waals surface area contributed by atoms with Crippen LogP contribution in [0.1, 0.15) is 12.0 Å². The van der Waals surface area contributed by atoms with Crippen LogP contribution in [-0.2, 0) is 13.0 Å². The third-order valence-electron chi connectivity index (χ3n) is 6.74. The zero-order valence-electron chi connectivity index (χ0n) is 22.1. The van der Waals surface area contributed by atoms with Crippen LogP contribution in [0.4, 0.5) is 23.0 Å². The Bertz CT molecular complexity index is 1430. The first-order chi connectivity index (χ1) is 17.9. The van der Waals surface area contributed by atoms with Crippen molar-refractivity contribution in [2.45, 2.75) is 19.4 Å². The molecule has 0 unspecified atom stereocenters. The third kappa shape index (κ3) is 4.84.